The molecule has 0 fully saturated rings. The van der Waals surface area contributed by atoms with Gasteiger partial charge in [-0.1, -0.05) is 39.0 Å². The Morgan fingerprint density at radius 2 is 1.29 bits per heavy atom. The molecule has 0 heterocycles. The summed E-state index contributed by atoms with van der Waals surface area (Å²) in [6, 6.07) is 14.5. The molecule has 0 aliphatic rings. The van der Waals surface area contributed by atoms with Gasteiger partial charge in [0.2, 0.25) is 0 Å². The van der Waals surface area contributed by atoms with Crippen molar-refractivity contribution in [1.29, 1.82) is 0 Å². The van der Waals surface area contributed by atoms with Gasteiger partial charge in [-0.25, -0.2) is 0 Å². The fraction of sp³-hybridized carbons (Fsp3) is 0.435. The zero-order valence-electron chi connectivity index (χ0n) is 16.9. The van der Waals surface area contributed by atoms with Crippen LogP contribution in [0, 0.1) is 0 Å². The van der Waals surface area contributed by atoms with E-state index in [0.717, 1.165) is 24.3 Å². The molecular formula is C23H30N2O3. The van der Waals surface area contributed by atoms with Crippen LogP contribution in [0.3, 0.4) is 0 Å². The van der Waals surface area contributed by atoms with Crippen molar-refractivity contribution >= 4 is 17.3 Å². The highest BCUT2D eigenvalue weighted by molar-refractivity contribution is 5.72. The van der Waals surface area contributed by atoms with E-state index in [1.54, 1.807) is 24.3 Å². The first-order chi connectivity index (χ1) is 13.7. The minimum Gasteiger partial charge on any atom is -0.494 e. The van der Waals surface area contributed by atoms with Crippen LogP contribution in [0.15, 0.2) is 58.8 Å². The summed E-state index contributed by atoms with van der Waals surface area (Å²) in [5, 5.41) is 8.40. The lowest BCUT2D eigenvalue weighted by molar-refractivity contribution is -0.134. The Balaban J connectivity index is 1.75. The van der Waals surface area contributed by atoms with Gasteiger partial charge in [0.1, 0.15) is 11.5 Å². The minimum atomic E-state index is -0.181. The van der Waals surface area contributed by atoms with Gasteiger partial charge >= 0.3 is 5.97 Å². The Morgan fingerprint density at radius 1 is 0.750 bits per heavy atom. The van der Waals surface area contributed by atoms with E-state index < -0.39 is 0 Å². The van der Waals surface area contributed by atoms with Crippen LogP contribution in [0.1, 0.15) is 58.8 Å². The first-order valence-corrected chi connectivity index (χ1v) is 10.2. The summed E-state index contributed by atoms with van der Waals surface area (Å²) >= 11 is 0. The number of esters is 1. The van der Waals surface area contributed by atoms with E-state index in [1.165, 1.54) is 25.7 Å². The molecule has 0 amide bonds. The van der Waals surface area contributed by atoms with Gasteiger partial charge < -0.3 is 9.47 Å². The SMILES string of the molecule is CCCCCCCCC(=O)Oc1ccc(N=Nc2ccc(OCC)cc2)cc1. The number of carbonyl (C=O) groups is 1. The molecule has 0 N–H and O–H groups in total. The molecule has 28 heavy (non-hydrogen) atoms. The highest BCUT2D eigenvalue weighted by atomic mass is 16.5. The largest absolute Gasteiger partial charge is 0.494 e. The second kappa shape index (κ2) is 12.7. The van der Waals surface area contributed by atoms with Gasteiger partial charge in [0.05, 0.1) is 18.0 Å². The van der Waals surface area contributed by atoms with E-state index in [-0.39, 0.29) is 5.97 Å². The van der Waals surface area contributed by atoms with Crippen LogP contribution >= 0.6 is 0 Å². The maximum absolute atomic E-state index is 11.9. The van der Waals surface area contributed by atoms with Crippen molar-refractivity contribution in [3.8, 4) is 11.5 Å². The predicted molar refractivity (Wildman–Crippen MR) is 112 cm³/mol. The lowest BCUT2D eigenvalue weighted by atomic mass is 10.1. The van der Waals surface area contributed by atoms with Crippen molar-refractivity contribution in [3.63, 3.8) is 0 Å². The third kappa shape index (κ3) is 8.33. The molecule has 150 valence electrons. The summed E-state index contributed by atoms with van der Waals surface area (Å²) in [4.78, 5) is 11.9. The summed E-state index contributed by atoms with van der Waals surface area (Å²) in [7, 11) is 0. The molecule has 0 atom stereocenters. The Labute approximate surface area is 167 Å². The molecule has 5 heteroatoms. The molecule has 0 aromatic heterocycles. The first-order valence-electron chi connectivity index (χ1n) is 10.2. The van der Waals surface area contributed by atoms with E-state index in [1.807, 2.05) is 31.2 Å². The number of hydrogen-bond acceptors (Lipinski definition) is 5. The molecule has 2 rings (SSSR count). The number of carbonyl (C=O) groups excluding carboxylic acids is 1. The minimum absolute atomic E-state index is 0.181. The summed E-state index contributed by atoms with van der Waals surface area (Å²) in [6.45, 7) is 4.78. The second-order valence-corrected chi connectivity index (χ2v) is 6.61. The van der Waals surface area contributed by atoms with Crippen LogP contribution in [0.25, 0.3) is 0 Å². The first kappa shape index (κ1) is 21.6. The normalized spacial score (nSPS) is 10.9. The Kier molecular flexibility index (Phi) is 9.76. The van der Waals surface area contributed by atoms with E-state index in [0.29, 0.717) is 24.5 Å². The molecule has 2 aromatic carbocycles. The number of azo groups is 1. The summed E-state index contributed by atoms with van der Waals surface area (Å²) < 4.78 is 10.8. The predicted octanol–water partition coefficient (Wildman–Crippen LogP) is 7.16. The molecule has 0 aliphatic carbocycles. The van der Waals surface area contributed by atoms with Crippen LogP contribution in [0.4, 0.5) is 11.4 Å². The van der Waals surface area contributed by atoms with Crippen LogP contribution in [0.5, 0.6) is 11.5 Å². The number of benzene rings is 2. The Bertz CT molecular complexity index is 725. The average molecular weight is 383 g/mol. The van der Waals surface area contributed by atoms with E-state index in [2.05, 4.69) is 17.2 Å². The smallest absolute Gasteiger partial charge is 0.311 e. The van der Waals surface area contributed by atoms with E-state index in [9.17, 15) is 4.79 Å². The maximum Gasteiger partial charge on any atom is 0.311 e. The number of unbranched alkanes of at least 4 members (excludes halogenated alkanes) is 5. The van der Waals surface area contributed by atoms with Gasteiger partial charge in [0.15, 0.2) is 0 Å². The lowest BCUT2D eigenvalue weighted by Crippen LogP contribution is -2.07. The lowest BCUT2D eigenvalue weighted by Gasteiger charge is -2.04. The molecule has 0 aliphatic heterocycles. The van der Waals surface area contributed by atoms with E-state index in [4.69, 9.17) is 9.47 Å². The summed E-state index contributed by atoms with van der Waals surface area (Å²) in [6.07, 6.45) is 7.38. The third-order valence-electron chi connectivity index (χ3n) is 4.23. The fourth-order valence-corrected chi connectivity index (χ4v) is 2.70. The maximum atomic E-state index is 11.9. The van der Waals surface area contributed by atoms with Crippen molar-refractivity contribution in [1.82, 2.24) is 0 Å². The number of rotatable bonds is 12. The molecule has 0 spiro atoms. The summed E-state index contributed by atoms with van der Waals surface area (Å²) in [5.41, 5.74) is 1.45. The zero-order chi connectivity index (χ0) is 20.0. The highest BCUT2D eigenvalue weighted by Gasteiger charge is 2.05. The topological polar surface area (TPSA) is 60.2 Å². The van der Waals surface area contributed by atoms with Crippen molar-refractivity contribution in [2.75, 3.05) is 6.61 Å². The van der Waals surface area contributed by atoms with Crippen LogP contribution < -0.4 is 9.47 Å². The zero-order valence-corrected chi connectivity index (χ0v) is 16.9. The molecule has 2 aromatic rings. The van der Waals surface area contributed by atoms with Gasteiger partial charge in [0, 0.05) is 6.42 Å². The Morgan fingerprint density at radius 3 is 1.86 bits per heavy atom. The molecule has 0 radical (unpaired) electrons. The number of ether oxygens (including phenoxy) is 2. The monoisotopic (exact) mass is 382 g/mol. The third-order valence-corrected chi connectivity index (χ3v) is 4.23. The van der Waals surface area contributed by atoms with Crippen molar-refractivity contribution in [2.45, 2.75) is 58.8 Å². The van der Waals surface area contributed by atoms with Gasteiger partial charge in [0.25, 0.3) is 0 Å². The molecule has 0 bridgehead atoms. The van der Waals surface area contributed by atoms with Gasteiger partial charge in [-0.05, 0) is 61.9 Å². The summed E-state index contributed by atoms with van der Waals surface area (Å²) in [5.74, 6) is 1.17. The standard InChI is InChI=1S/C23H30N2O3/c1-3-5-6-7-8-9-10-23(26)28-22-17-13-20(14-18-22)25-24-19-11-15-21(16-12-19)27-4-2/h11-18H,3-10H2,1-2H3. The molecule has 5 nitrogen and oxygen atoms in total. The molecular weight excluding hydrogens is 352 g/mol. The van der Waals surface area contributed by atoms with E-state index >= 15 is 0 Å². The quantitative estimate of drug-likeness (QED) is 0.169. The van der Waals surface area contributed by atoms with Gasteiger partial charge in [-0.15, -0.1) is 0 Å². The van der Waals surface area contributed by atoms with Crippen LogP contribution in [-0.2, 0) is 4.79 Å². The average Bonchev–Trinajstić information content (AvgIpc) is 2.71. The molecule has 0 unspecified atom stereocenters. The van der Waals surface area contributed by atoms with Gasteiger partial charge in [-0.2, -0.15) is 10.2 Å². The molecule has 0 saturated carbocycles. The number of hydrogen-bond donors (Lipinski definition) is 0. The fourth-order valence-electron chi connectivity index (χ4n) is 2.70. The molecule has 0 saturated heterocycles. The van der Waals surface area contributed by atoms with Gasteiger partial charge in [-0.3, -0.25) is 4.79 Å². The second-order valence-electron chi connectivity index (χ2n) is 6.61. The number of nitrogens with zero attached hydrogens (tertiary/aromatic N) is 2. The van der Waals surface area contributed by atoms with Crippen molar-refractivity contribution < 1.29 is 14.3 Å². The van der Waals surface area contributed by atoms with Crippen LogP contribution in [0.2, 0.25) is 0 Å². The van der Waals surface area contributed by atoms with Crippen LogP contribution in [-0.4, -0.2) is 12.6 Å². The Hall–Kier alpha value is -2.69. The van der Waals surface area contributed by atoms with Crippen molar-refractivity contribution in [2.24, 2.45) is 10.2 Å². The van der Waals surface area contributed by atoms with Crippen molar-refractivity contribution in [3.05, 3.63) is 48.5 Å². The highest BCUT2D eigenvalue weighted by Crippen LogP contribution is 2.23.